The number of nitrogens with two attached hydrogens (primary N) is 1. The van der Waals surface area contributed by atoms with Crippen molar-refractivity contribution in [3.63, 3.8) is 0 Å². The maximum absolute atomic E-state index is 12.3. The summed E-state index contributed by atoms with van der Waals surface area (Å²) in [6, 6.07) is -3.52. The van der Waals surface area contributed by atoms with Crippen LogP contribution in [0.3, 0.4) is 0 Å². The average Bonchev–Trinajstić information content (AvgIpc) is 3.28. The number of hydrogen-bond donors (Lipinski definition) is 9. The molecule has 23 nitrogen and oxygen atoms in total. The predicted molar refractivity (Wildman–Crippen MR) is 245 cm³/mol. The highest BCUT2D eigenvalue weighted by atomic mass is 16.5. The average molecular weight is 975 g/mol. The number of aliphatic carboxylic acids is 3. The molecule has 0 spiro atoms. The second-order valence-electron chi connectivity index (χ2n) is 16.2. The van der Waals surface area contributed by atoms with Crippen LogP contribution in [-0.2, 0) is 66.9 Å². The van der Waals surface area contributed by atoms with Crippen molar-refractivity contribution in [3.05, 3.63) is 0 Å². The molecule has 0 heterocycles. The summed E-state index contributed by atoms with van der Waals surface area (Å²) < 4.78 is 21.1. The molecular weight excluding hydrogens is 897 g/mol. The highest BCUT2D eigenvalue weighted by Gasteiger charge is 2.23. The number of carbonyl (C=O) groups is 10. The quantitative estimate of drug-likeness (QED) is 0.0306. The van der Waals surface area contributed by atoms with Gasteiger partial charge in [0.15, 0.2) is 0 Å². The Kier molecular flexibility index (Phi) is 39.7. The van der Waals surface area contributed by atoms with Crippen LogP contribution in [0.4, 0.5) is 0 Å². The number of ether oxygens (including phenoxy) is 4. The molecule has 3 atom stereocenters. The Hall–Kier alpha value is -5.26. The van der Waals surface area contributed by atoms with E-state index in [4.69, 9.17) is 29.8 Å². The smallest absolute Gasteiger partial charge is 0.326 e. The first-order valence-corrected chi connectivity index (χ1v) is 23.8. The van der Waals surface area contributed by atoms with Gasteiger partial charge in [-0.3, -0.25) is 33.6 Å². The predicted octanol–water partition coefficient (Wildman–Crippen LogP) is 1.26. The highest BCUT2D eigenvalue weighted by molar-refractivity contribution is 5.86. The third kappa shape index (κ3) is 41.0. The molecule has 23 heteroatoms. The van der Waals surface area contributed by atoms with Crippen molar-refractivity contribution in [1.29, 1.82) is 0 Å². The molecule has 0 saturated heterocycles. The monoisotopic (exact) mass is 975 g/mol. The maximum Gasteiger partial charge on any atom is 0.326 e. The first-order valence-electron chi connectivity index (χ1n) is 23.8. The summed E-state index contributed by atoms with van der Waals surface area (Å²) in [6.07, 6.45) is 14.9. The van der Waals surface area contributed by atoms with Gasteiger partial charge in [0.25, 0.3) is 0 Å². The van der Waals surface area contributed by atoms with Crippen molar-refractivity contribution < 1.29 is 82.2 Å². The molecule has 10 N–H and O–H groups in total. The molecule has 0 aromatic heterocycles. The highest BCUT2D eigenvalue weighted by Crippen LogP contribution is 2.14. The molecule has 0 fully saturated rings. The lowest BCUT2D eigenvalue weighted by molar-refractivity contribution is -0.143. The fourth-order valence-electron chi connectivity index (χ4n) is 6.44. The molecular formula is C45H78N6O17. The number of carboxylic acid groups (broad SMARTS) is 3. The van der Waals surface area contributed by atoms with Crippen LogP contribution in [0.25, 0.3) is 0 Å². The first kappa shape index (κ1) is 62.7. The van der Waals surface area contributed by atoms with E-state index < -0.39 is 66.3 Å². The van der Waals surface area contributed by atoms with Gasteiger partial charge in [-0.05, 0) is 32.1 Å². The number of amides is 6. The minimum atomic E-state index is -1.39. The largest absolute Gasteiger partial charge is 0.481 e. The number of nitrogens with one attached hydrogen (secondary N) is 5. The third-order valence-corrected chi connectivity index (χ3v) is 10.2. The standard InChI is InChI=1S/C45H78N6O17/c46-37(53)20-17-34(31-52)49-40(56)22-19-36(45(63)64)51-42(58)33-68-30-28-66-26-24-48-41(57)32-67-29-27-65-25-23-47-38(54)21-18-35(44(61)62)50-39(55)15-13-11-9-7-5-3-1-2-4-6-8-10-12-14-16-43(59)60/h31,34-36H,1-30,32-33H2,(H2,46,53)(H,47,54)(H,48,57)(H,49,56)(H,50,55)(H,51,58)(H,59,60)(H,61,62)(H,63,64)/t34-,35-,36-/m0/s1. The van der Waals surface area contributed by atoms with Gasteiger partial charge in [-0.2, -0.15) is 0 Å². The molecule has 6 amide bonds. The van der Waals surface area contributed by atoms with E-state index >= 15 is 0 Å². The zero-order chi connectivity index (χ0) is 50.6. The summed E-state index contributed by atoms with van der Waals surface area (Å²) in [6.45, 7) is 0.225. The molecule has 0 unspecified atom stereocenters. The van der Waals surface area contributed by atoms with Gasteiger partial charge in [-0.1, -0.05) is 77.0 Å². The molecule has 0 rings (SSSR count). The van der Waals surface area contributed by atoms with Crippen molar-refractivity contribution in [2.45, 2.75) is 159 Å². The molecule has 0 aliphatic rings. The lowest BCUT2D eigenvalue weighted by Gasteiger charge is -2.16. The number of hydrogen-bond acceptors (Lipinski definition) is 14. The Balaban J connectivity index is 3.82. The van der Waals surface area contributed by atoms with Crippen LogP contribution in [-0.4, -0.2) is 159 Å². The molecule has 0 aromatic carbocycles. The Morgan fingerprint density at radius 2 is 0.824 bits per heavy atom. The second-order valence-corrected chi connectivity index (χ2v) is 16.2. The van der Waals surface area contributed by atoms with Crippen LogP contribution < -0.4 is 32.3 Å². The number of aldehydes is 1. The summed E-state index contributed by atoms with van der Waals surface area (Å²) in [5.74, 6) is -6.47. The zero-order valence-corrected chi connectivity index (χ0v) is 39.6. The van der Waals surface area contributed by atoms with Gasteiger partial charge in [0.05, 0.1) is 45.7 Å². The lowest BCUT2D eigenvalue weighted by Crippen LogP contribution is -2.44. The molecule has 0 bridgehead atoms. The van der Waals surface area contributed by atoms with E-state index in [1.165, 1.54) is 32.1 Å². The van der Waals surface area contributed by atoms with Crippen LogP contribution >= 0.6 is 0 Å². The molecule has 0 aliphatic carbocycles. The lowest BCUT2D eigenvalue weighted by atomic mass is 10.0. The fourth-order valence-corrected chi connectivity index (χ4v) is 6.44. The third-order valence-electron chi connectivity index (χ3n) is 10.2. The Bertz CT molecular complexity index is 1490. The fraction of sp³-hybridized carbons (Fsp3) is 0.778. The van der Waals surface area contributed by atoms with Gasteiger partial charge in [-0.25, -0.2) is 9.59 Å². The summed E-state index contributed by atoms with van der Waals surface area (Å²) in [5.41, 5.74) is 5.03. The first-order chi connectivity index (χ1) is 32.6. The number of rotatable bonds is 48. The molecule has 0 radical (unpaired) electrons. The van der Waals surface area contributed by atoms with Crippen molar-refractivity contribution in [2.24, 2.45) is 5.73 Å². The molecule has 390 valence electrons. The summed E-state index contributed by atoms with van der Waals surface area (Å²) in [4.78, 5) is 116. The topological polar surface area (TPSA) is 354 Å². The van der Waals surface area contributed by atoms with Crippen LogP contribution in [0.1, 0.15) is 141 Å². The van der Waals surface area contributed by atoms with Crippen molar-refractivity contribution >= 4 is 59.6 Å². The van der Waals surface area contributed by atoms with E-state index in [2.05, 4.69) is 26.6 Å². The number of carboxylic acids is 3. The van der Waals surface area contributed by atoms with Gasteiger partial charge in [0, 0.05) is 45.2 Å². The Labute approximate surface area is 398 Å². The van der Waals surface area contributed by atoms with E-state index in [1.54, 1.807) is 0 Å². The van der Waals surface area contributed by atoms with E-state index in [1.807, 2.05) is 0 Å². The van der Waals surface area contributed by atoms with Crippen molar-refractivity contribution in [3.8, 4) is 0 Å². The van der Waals surface area contributed by atoms with Crippen molar-refractivity contribution in [1.82, 2.24) is 26.6 Å². The summed E-state index contributed by atoms with van der Waals surface area (Å²) in [7, 11) is 0. The van der Waals surface area contributed by atoms with Crippen molar-refractivity contribution in [2.75, 3.05) is 65.9 Å². The van der Waals surface area contributed by atoms with E-state index in [0.717, 1.165) is 51.4 Å². The molecule has 68 heavy (non-hydrogen) atoms. The van der Waals surface area contributed by atoms with Gasteiger partial charge >= 0.3 is 17.9 Å². The summed E-state index contributed by atoms with van der Waals surface area (Å²) >= 11 is 0. The second kappa shape index (κ2) is 43.0. The number of carbonyl (C=O) groups excluding carboxylic acids is 7. The van der Waals surface area contributed by atoms with Gasteiger partial charge in [0.1, 0.15) is 31.6 Å². The van der Waals surface area contributed by atoms with Crippen LogP contribution in [0, 0.1) is 0 Å². The number of unbranched alkanes of at least 4 members (excludes halogenated alkanes) is 13. The minimum absolute atomic E-state index is 0.00345. The van der Waals surface area contributed by atoms with Gasteiger partial charge in [0.2, 0.25) is 35.4 Å². The van der Waals surface area contributed by atoms with Gasteiger partial charge < -0.3 is 71.4 Å². The Morgan fingerprint density at radius 3 is 1.28 bits per heavy atom. The Morgan fingerprint density at radius 1 is 0.426 bits per heavy atom. The van der Waals surface area contributed by atoms with E-state index in [9.17, 15) is 58.2 Å². The normalized spacial score (nSPS) is 12.2. The summed E-state index contributed by atoms with van der Waals surface area (Å²) in [5, 5.41) is 39.9. The van der Waals surface area contributed by atoms with Gasteiger partial charge in [-0.15, -0.1) is 0 Å². The van der Waals surface area contributed by atoms with Crippen LogP contribution in [0.15, 0.2) is 0 Å². The van der Waals surface area contributed by atoms with Crippen LogP contribution in [0.5, 0.6) is 0 Å². The van der Waals surface area contributed by atoms with Crippen LogP contribution in [0.2, 0.25) is 0 Å². The maximum atomic E-state index is 12.3. The van der Waals surface area contributed by atoms with E-state index in [-0.39, 0.29) is 123 Å². The molecule has 0 aliphatic heterocycles. The SMILES string of the molecule is NC(=O)CC[C@@H](C=O)NC(=O)CC[C@H](NC(=O)COCCOCCNC(=O)COCCOCCNC(=O)CC[C@H](NC(=O)CCCCCCCCCCCCCCCCC(=O)O)C(=O)O)C(=O)O. The minimum Gasteiger partial charge on any atom is -0.481 e. The molecule has 0 aromatic rings. The zero-order valence-electron chi connectivity index (χ0n) is 39.6. The molecule has 0 saturated carbocycles. The van der Waals surface area contributed by atoms with E-state index in [0.29, 0.717) is 12.7 Å². The number of primary amides is 1.